The Morgan fingerprint density at radius 2 is 1.85 bits per heavy atom. The molecular formula is C13H16O7. The summed E-state index contributed by atoms with van der Waals surface area (Å²) in [6.45, 7) is -0.0364. The van der Waals surface area contributed by atoms with Crippen LogP contribution in [0.1, 0.15) is 15.9 Å². The fourth-order valence-corrected chi connectivity index (χ4v) is 1.85. The van der Waals surface area contributed by atoms with E-state index in [0.717, 1.165) is 0 Å². The quantitative estimate of drug-likeness (QED) is 0.580. The minimum atomic E-state index is -1.34. The van der Waals surface area contributed by atoms with E-state index >= 15 is 0 Å². The van der Waals surface area contributed by atoms with Gasteiger partial charge in [-0.05, 0) is 17.7 Å². The van der Waals surface area contributed by atoms with Gasteiger partial charge in [0.15, 0.2) is 6.29 Å². The summed E-state index contributed by atoms with van der Waals surface area (Å²) >= 11 is 0. The van der Waals surface area contributed by atoms with Gasteiger partial charge in [-0.25, -0.2) is 4.79 Å². The minimum absolute atomic E-state index is 0.0877. The molecule has 1 heterocycles. The molecule has 1 aliphatic rings. The third-order valence-electron chi connectivity index (χ3n) is 3.07. The molecule has 7 heteroatoms. The minimum Gasteiger partial charge on any atom is -0.478 e. The third kappa shape index (κ3) is 3.33. The number of aromatic carboxylic acids is 1. The van der Waals surface area contributed by atoms with E-state index in [-0.39, 0.29) is 18.8 Å². The molecule has 7 nitrogen and oxygen atoms in total. The molecule has 1 saturated heterocycles. The maximum atomic E-state index is 10.7. The molecule has 110 valence electrons. The van der Waals surface area contributed by atoms with Crippen molar-refractivity contribution in [2.24, 2.45) is 0 Å². The molecule has 4 atom stereocenters. The second kappa shape index (κ2) is 6.29. The normalized spacial score (nSPS) is 30.1. The number of rotatable bonds is 4. The molecule has 0 bridgehead atoms. The number of aliphatic hydroxyl groups excluding tert-OH is 3. The van der Waals surface area contributed by atoms with E-state index in [1.165, 1.54) is 12.1 Å². The highest BCUT2D eigenvalue weighted by Gasteiger charge is 2.38. The van der Waals surface area contributed by atoms with Gasteiger partial charge in [0.2, 0.25) is 0 Å². The zero-order chi connectivity index (χ0) is 14.7. The van der Waals surface area contributed by atoms with Gasteiger partial charge >= 0.3 is 5.97 Å². The Labute approximate surface area is 115 Å². The van der Waals surface area contributed by atoms with Gasteiger partial charge < -0.3 is 29.9 Å². The van der Waals surface area contributed by atoms with E-state index in [1.807, 2.05) is 0 Å². The van der Waals surface area contributed by atoms with Crippen LogP contribution in [0.15, 0.2) is 24.3 Å². The number of hydrogen-bond acceptors (Lipinski definition) is 6. The van der Waals surface area contributed by atoms with Crippen LogP contribution in [0.2, 0.25) is 0 Å². The van der Waals surface area contributed by atoms with Crippen molar-refractivity contribution in [1.29, 1.82) is 0 Å². The van der Waals surface area contributed by atoms with Gasteiger partial charge in [0.1, 0.15) is 18.3 Å². The number of carboxylic acids is 1. The van der Waals surface area contributed by atoms with Crippen molar-refractivity contribution in [1.82, 2.24) is 0 Å². The van der Waals surface area contributed by atoms with Crippen LogP contribution in [0.3, 0.4) is 0 Å². The Balaban J connectivity index is 1.90. The van der Waals surface area contributed by atoms with Crippen LogP contribution in [0.5, 0.6) is 0 Å². The van der Waals surface area contributed by atoms with Crippen LogP contribution in [-0.4, -0.2) is 57.6 Å². The van der Waals surface area contributed by atoms with Crippen molar-refractivity contribution in [3.63, 3.8) is 0 Å². The Kier molecular flexibility index (Phi) is 4.69. The Hall–Kier alpha value is -1.51. The number of aliphatic hydroxyl groups is 3. The van der Waals surface area contributed by atoms with Crippen LogP contribution in [0.4, 0.5) is 0 Å². The first-order chi connectivity index (χ1) is 9.49. The van der Waals surface area contributed by atoms with Crippen LogP contribution in [-0.2, 0) is 16.1 Å². The summed E-state index contributed by atoms with van der Waals surface area (Å²) in [6.07, 6.45) is -4.83. The van der Waals surface area contributed by atoms with Crippen molar-refractivity contribution in [2.75, 3.05) is 6.61 Å². The van der Waals surface area contributed by atoms with Gasteiger partial charge in [-0.2, -0.15) is 0 Å². The van der Waals surface area contributed by atoms with E-state index in [1.54, 1.807) is 12.1 Å². The largest absolute Gasteiger partial charge is 0.478 e. The fraction of sp³-hybridized carbons (Fsp3) is 0.462. The monoisotopic (exact) mass is 284 g/mol. The molecule has 0 saturated carbocycles. The number of carbonyl (C=O) groups is 1. The molecule has 0 amide bonds. The molecule has 0 spiro atoms. The van der Waals surface area contributed by atoms with E-state index < -0.39 is 30.6 Å². The SMILES string of the molecule is O=C(O)c1ccc(CO[C@H]2OC[C@@H](O)[C@H](O)[C@H]2O)cc1. The molecule has 0 unspecified atom stereocenters. The molecule has 0 aliphatic carbocycles. The van der Waals surface area contributed by atoms with Crippen LogP contribution in [0.25, 0.3) is 0 Å². The van der Waals surface area contributed by atoms with Crippen LogP contribution < -0.4 is 0 Å². The molecule has 2 rings (SSSR count). The van der Waals surface area contributed by atoms with Gasteiger partial charge in [0.25, 0.3) is 0 Å². The lowest BCUT2D eigenvalue weighted by Gasteiger charge is -2.34. The summed E-state index contributed by atoms with van der Waals surface area (Å²) < 4.78 is 10.4. The second-order valence-electron chi connectivity index (χ2n) is 4.56. The summed E-state index contributed by atoms with van der Waals surface area (Å²) in [5, 5.41) is 37.2. The maximum absolute atomic E-state index is 10.7. The predicted molar refractivity (Wildman–Crippen MR) is 66.0 cm³/mol. The van der Waals surface area contributed by atoms with Crippen molar-refractivity contribution < 1.29 is 34.7 Å². The van der Waals surface area contributed by atoms with Gasteiger partial charge in [-0.15, -0.1) is 0 Å². The summed E-state index contributed by atoms with van der Waals surface area (Å²) in [7, 11) is 0. The topological polar surface area (TPSA) is 116 Å². The summed E-state index contributed by atoms with van der Waals surface area (Å²) in [5.74, 6) is -1.01. The lowest BCUT2D eigenvalue weighted by Crippen LogP contribution is -2.53. The summed E-state index contributed by atoms with van der Waals surface area (Å²) in [6, 6.07) is 6.06. The molecule has 0 radical (unpaired) electrons. The zero-order valence-electron chi connectivity index (χ0n) is 10.5. The van der Waals surface area contributed by atoms with E-state index in [4.69, 9.17) is 14.6 Å². The molecule has 1 aromatic carbocycles. The molecule has 1 aliphatic heterocycles. The van der Waals surface area contributed by atoms with E-state index in [2.05, 4.69) is 0 Å². The van der Waals surface area contributed by atoms with E-state index in [9.17, 15) is 20.1 Å². The lowest BCUT2D eigenvalue weighted by molar-refractivity contribution is -0.273. The first-order valence-electron chi connectivity index (χ1n) is 6.08. The van der Waals surface area contributed by atoms with Gasteiger partial charge in [-0.1, -0.05) is 12.1 Å². The van der Waals surface area contributed by atoms with Crippen molar-refractivity contribution in [3.05, 3.63) is 35.4 Å². The molecule has 0 aromatic heterocycles. The standard InChI is InChI=1S/C13H16O7/c14-9-6-20-13(11(16)10(9)15)19-5-7-1-3-8(4-2-7)12(17)18/h1-4,9-11,13-16H,5-6H2,(H,17,18)/t9-,10+,11-,13+/m1/s1. The summed E-state index contributed by atoms with van der Waals surface area (Å²) in [5.41, 5.74) is 0.868. The predicted octanol–water partition coefficient (Wildman–Crippen LogP) is -0.660. The average molecular weight is 284 g/mol. The number of benzene rings is 1. The Morgan fingerprint density at radius 1 is 1.20 bits per heavy atom. The van der Waals surface area contributed by atoms with Crippen molar-refractivity contribution in [2.45, 2.75) is 31.2 Å². The smallest absolute Gasteiger partial charge is 0.335 e. The zero-order valence-corrected chi connectivity index (χ0v) is 10.5. The Bertz CT molecular complexity index is 458. The molecule has 1 aromatic rings. The number of ether oxygens (including phenoxy) is 2. The number of carboxylic acid groups (broad SMARTS) is 1. The van der Waals surface area contributed by atoms with Gasteiger partial charge in [0, 0.05) is 0 Å². The highest BCUT2D eigenvalue weighted by atomic mass is 16.7. The lowest BCUT2D eigenvalue weighted by atomic mass is 10.1. The van der Waals surface area contributed by atoms with Gasteiger partial charge in [-0.3, -0.25) is 0 Å². The average Bonchev–Trinajstić information content (AvgIpc) is 2.44. The summed E-state index contributed by atoms with van der Waals surface area (Å²) in [4.78, 5) is 10.7. The third-order valence-corrected chi connectivity index (χ3v) is 3.07. The van der Waals surface area contributed by atoms with Crippen LogP contribution >= 0.6 is 0 Å². The molecule has 20 heavy (non-hydrogen) atoms. The Morgan fingerprint density at radius 3 is 2.45 bits per heavy atom. The van der Waals surface area contributed by atoms with Crippen LogP contribution in [0, 0.1) is 0 Å². The van der Waals surface area contributed by atoms with Gasteiger partial charge in [0.05, 0.1) is 18.8 Å². The molecular weight excluding hydrogens is 268 g/mol. The number of hydrogen-bond donors (Lipinski definition) is 4. The van der Waals surface area contributed by atoms with E-state index in [0.29, 0.717) is 5.56 Å². The molecule has 1 fully saturated rings. The van der Waals surface area contributed by atoms with Crippen molar-refractivity contribution >= 4 is 5.97 Å². The maximum Gasteiger partial charge on any atom is 0.335 e. The highest BCUT2D eigenvalue weighted by Crippen LogP contribution is 2.18. The second-order valence-corrected chi connectivity index (χ2v) is 4.56. The first kappa shape index (κ1) is 14.9. The van der Waals surface area contributed by atoms with Crippen molar-refractivity contribution in [3.8, 4) is 0 Å². The molecule has 4 N–H and O–H groups in total. The highest BCUT2D eigenvalue weighted by molar-refractivity contribution is 5.87. The first-order valence-corrected chi connectivity index (χ1v) is 6.08. The fourth-order valence-electron chi connectivity index (χ4n) is 1.85.